The molecule has 3 aromatic carbocycles. The normalized spacial score (nSPS) is 11.3. The van der Waals surface area contributed by atoms with E-state index in [0.29, 0.717) is 33.1 Å². The number of aromatic nitrogens is 3. The quantitative estimate of drug-likeness (QED) is 0.293. The van der Waals surface area contributed by atoms with Crippen molar-refractivity contribution in [3.63, 3.8) is 0 Å². The monoisotopic (exact) mass is 483 g/mol. The van der Waals surface area contributed by atoms with E-state index >= 15 is 0 Å². The van der Waals surface area contributed by atoms with Gasteiger partial charge in [0, 0.05) is 17.3 Å². The molecule has 0 spiro atoms. The fraction of sp³-hybridized carbons (Fsp3) is 0.179. The first-order valence-electron chi connectivity index (χ1n) is 11.7. The molecule has 0 aliphatic rings. The largest absolute Gasteiger partial charge is 0.384 e. The third-order valence-corrected chi connectivity index (χ3v) is 6.50. The molecule has 0 saturated heterocycles. The standard InChI is InChI=1S/C28H26ClN5O/c1-2-3-8-18-13-15-20(16-14-18)34-26(30)24(28(35)31-17-19-9-4-5-10-21(19)29)25-27(34)33-23-12-7-6-11-22(23)32-25/h4-7,9-16H,2-3,8,17,30H2,1H3,(H,31,35). The predicted octanol–water partition coefficient (Wildman–Crippen LogP) is 6.08. The first kappa shape index (κ1) is 22.9. The zero-order valence-corrected chi connectivity index (χ0v) is 20.2. The summed E-state index contributed by atoms with van der Waals surface area (Å²) < 4.78 is 1.81. The summed E-state index contributed by atoms with van der Waals surface area (Å²) in [6.07, 6.45) is 3.31. The molecule has 6 nitrogen and oxygen atoms in total. The predicted molar refractivity (Wildman–Crippen MR) is 142 cm³/mol. The van der Waals surface area contributed by atoms with Gasteiger partial charge in [0.1, 0.15) is 16.9 Å². The lowest BCUT2D eigenvalue weighted by atomic mass is 10.1. The van der Waals surface area contributed by atoms with Gasteiger partial charge in [-0.2, -0.15) is 0 Å². The summed E-state index contributed by atoms with van der Waals surface area (Å²) in [5, 5.41) is 3.54. The maximum Gasteiger partial charge on any atom is 0.257 e. The minimum absolute atomic E-state index is 0.276. The number of carbonyl (C=O) groups is 1. The van der Waals surface area contributed by atoms with Gasteiger partial charge in [-0.05, 0) is 54.3 Å². The maximum absolute atomic E-state index is 13.4. The summed E-state index contributed by atoms with van der Waals surface area (Å²) in [6.45, 7) is 2.46. The minimum Gasteiger partial charge on any atom is -0.384 e. The highest BCUT2D eigenvalue weighted by Crippen LogP contribution is 2.31. The van der Waals surface area contributed by atoms with Crippen LogP contribution in [0.25, 0.3) is 27.9 Å². The molecule has 0 fully saturated rings. The van der Waals surface area contributed by atoms with Crippen LogP contribution >= 0.6 is 11.6 Å². The summed E-state index contributed by atoms with van der Waals surface area (Å²) in [7, 11) is 0. The lowest BCUT2D eigenvalue weighted by Crippen LogP contribution is -2.24. The van der Waals surface area contributed by atoms with Crippen LogP contribution in [0.1, 0.15) is 41.3 Å². The molecule has 0 aliphatic heterocycles. The maximum atomic E-state index is 13.4. The Balaban J connectivity index is 1.60. The number of carbonyl (C=O) groups excluding carboxylic acids is 1. The molecule has 0 atom stereocenters. The van der Waals surface area contributed by atoms with Crippen molar-refractivity contribution in [2.75, 3.05) is 5.73 Å². The van der Waals surface area contributed by atoms with Gasteiger partial charge in [-0.3, -0.25) is 9.36 Å². The Morgan fingerprint density at radius 3 is 2.37 bits per heavy atom. The fourth-order valence-corrected chi connectivity index (χ4v) is 4.45. The van der Waals surface area contributed by atoms with Crippen LogP contribution in [0.15, 0.2) is 72.8 Å². The summed E-state index contributed by atoms with van der Waals surface area (Å²) in [5.74, 6) is -0.0245. The Morgan fingerprint density at radius 2 is 1.66 bits per heavy atom. The number of nitrogens with zero attached hydrogens (tertiary/aromatic N) is 3. The van der Waals surface area contributed by atoms with E-state index in [1.165, 1.54) is 5.56 Å². The zero-order valence-electron chi connectivity index (χ0n) is 19.5. The van der Waals surface area contributed by atoms with Gasteiger partial charge in [0.25, 0.3) is 5.91 Å². The van der Waals surface area contributed by atoms with Gasteiger partial charge in [-0.15, -0.1) is 0 Å². The second-order valence-corrected chi connectivity index (χ2v) is 8.93. The molecule has 5 aromatic rings. The number of para-hydroxylation sites is 2. The van der Waals surface area contributed by atoms with Crippen LogP contribution in [0.5, 0.6) is 0 Å². The van der Waals surface area contributed by atoms with Crippen molar-refractivity contribution in [3.05, 3.63) is 94.5 Å². The molecule has 0 saturated carbocycles. The molecule has 0 bridgehead atoms. The first-order valence-corrected chi connectivity index (χ1v) is 12.1. The minimum atomic E-state index is -0.324. The topological polar surface area (TPSA) is 85.8 Å². The number of benzene rings is 3. The van der Waals surface area contributed by atoms with Crippen molar-refractivity contribution in [1.82, 2.24) is 19.9 Å². The van der Waals surface area contributed by atoms with Crippen molar-refractivity contribution in [3.8, 4) is 5.69 Å². The van der Waals surface area contributed by atoms with E-state index in [-0.39, 0.29) is 12.5 Å². The number of aryl methyl sites for hydroxylation is 1. The first-order chi connectivity index (χ1) is 17.1. The number of rotatable bonds is 7. The summed E-state index contributed by atoms with van der Waals surface area (Å²) in [6, 6.07) is 23.2. The number of amides is 1. The second-order valence-electron chi connectivity index (χ2n) is 8.52. The number of fused-ring (bicyclic) bond motifs is 2. The van der Waals surface area contributed by atoms with Crippen LogP contribution in [0.3, 0.4) is 0 Å². The van der Waals surface area contributed by atoms with Crippen molar-refractivity contribution in [2.24, 2.45) is 0 Å². The Morgan fingerprint density at radius 1 is 0.971 bits per heavy atom. The van der Waals surface area contributed by atoms with Crippen LogP contribution < -0.4 is 11.1 Å². The van der Waals surface area contributed by atoms with Gasteiger partial charge in [-0.1, -0.05) is 67.4 Å². The van der Waals surface area contributed by atoms with E-state index in [1.54, 1.807) is 6.07 Å². The molecule has 0 radical (unpaired) electrons. The van der Waals surface area contributed by atoms with Gasteiger partial charge < -0.3 is 11.1 Å². The molecule has 1 amide bonds. The van der Waals surface area contributed by atoms with Gasteiger partial charge in [-0.25, -0.2) is 9.97 Å². The summed E-state index contributed by atoms with van der Waals surface area (Å²) >= 11 is 6.27. The van der Waals surface area contributed by atoms with Crippen molar-refractivity contribution in [2.45, 2.75) is 32.7 Å². The van der Waals surface area contributed by atoms with Crippen LogP contribution in [-0.4, -0.2) is 20.4 Å². The highest BCUT2D eigenvalue weighted by atomic mass is 35.5. The van der Waals surface area contributed by atoms with Crippen molar-refractivity contribution < 1.29 is 4.79 Å². The molecular weight excluding hydrogens is 458 g/mol. The molecule has 7 heteroatoms. The van der Waals surface area contributed by atoms with Gasteiger partial charge in [0.05, 0.1) is 11.0 Å². The number of nitrogens with two attached hydrogens (primary N) is 1. The molecule has 176 valence electrons. The smallest absolute Gasteiger partial charge is 0.257 e. The molecule has 0 aliphatic carbocycles. The second kappa shape index (κ2) is 9.76. The van der Waals surface area contributed by atoms with Crippen molar-refractivity contribution in [1.29, 1.82) is 0 Å². The van der Waals surface area contributed by atoms with E-state index in [9.17, 15) is 4.79 Å². The molecule has 5 rings (SSSR count). The van der Waals surface area contributed by atoms with E-state index in [1.807, 2.05) is 59.2 Å². The average molecular weight is 484 g/mol. The summed E-state index contributed by atoms with van der Waals surface area (Å²) in [4.78, 5) is 23.0. The third-order valence-electron chi connectivity index (χ3n) is 6.14. The molecular formula is C28H26ClN5O. The molecule has 0 unspecified atom stereocenters. The number of anilines is 1. The molecule has 35 heavy (non-hydrogen) atoms. The van der Waals surface area contributed by atoms with Gasteiger partial charge in [0.2, 0.25) is 0 Å². The van der Waals surface area contributed by atoms with Crippen molar-refractivity contribution >= 4 is 45.5 Å². The summed E-state index contributed by atoms with van der Waals surface area (Å²) in [5.41, 5.74) is 12.3. The fourth-order valence-electron chi connectivity index (χ4n) is 4.25. The highest BCUT2D eigenvalue weighted by Gasteiger charge is 2.25. The van der Waals surface area contributed by atoms with Crippen LogP contribution in [-0.2, 0) is 13.0 Å². The Hall–Kier alpha value is -3.90. The third kappa shape index (κ3) is 4.45. The average Bonchev–Trinajstić information content (AvgIpc) is 3.16. The lowest BCUT2D eigenvalue weighted by Gasteiger charge is -2.10. The molecule has 3 N–H and O–H groups in total. The van der Waals surface area contributed by atoms with Crippen LogP contribution in [0.4, 0.5) is 5.82 Å². The zero-order chi connectivity index (χ0) is 24.4. The number of nitrogen functional groups attached to an aromatic ring is 1. The number of hydrogen-bond acceptors (Lipinski definition) is 4. The Labute approximate surface area is 208 Å². The van der Waals surface area contributed by atoms with Crippen LogP contribution in [0.2, 0.25) is 5.02 Å². The Bertz CT molecular complexity index is 1520. The van der Waals surface area contributed by atoms with E-state index < -0.39 is 0 Å². The van der Waals surface area contributed by atoms with Gasteiger partial charge in [0.15, 0.2) is 5.65 Å². The van der Waals surface area contributed by atoms with E-state index in [4.69, 9.17) is 27.3 Å². The number of hydrogen-bond donors (Lipinski definition) is 2. The molecule has 2 aromatic heterocycles. The number of nitrogens with one attached hydrogen (secondary N) is 1. The Kier molecular flexibility index (Phi) is 6.38. The van der Waals surface area contributed by atoms with Crippen LogP contribution in [0, 0.1) is 0 Å². The van der Waals surface area contributed by atoms with Gasteiger partial charge >= 0.3 is 0 Å². The van der Waals surface area contributed by atoms with E-state index in [2.05, 4.69) is 24.4 Å². The number of halogens is 1. The highest BCUT2D eigenvalue weighted by molar-refractivity contribution is 6.31. The lowest BCUT2D eigenvalue weighted by molar-refractivity contribution is 0.0953. The van der Waals surface area contributed by atoms with E-state index in [0.717, 1.165) is 36.0 Å². The molecule has 2 heterocycles. The number of unbranched alkanes of at least 4 members (excludes halogenated alkanes) is 1. The SMILES string of the molecule is CCCCc1ccc(-n2c(N)c(C(=O)NCc3ccccc3Cl)c3nc4ccccc4nc32)cc1.